The molecule has 4 rings (SSSR count). The van der Waals surface area contributed by atoms with Gasteiger partial charge < -0.3 is 34.8 Å². The van der Waals surface area contributed by atoms with Gasteiger partial charge in [0, 0.05) is 71.6 Å². The molecule has 2 aromatic rings. The number of imide groups is 1. The molecule has 0 saturated carbocycles. The Bertz CT molecular complexity index is 2000. The molecule has 1 aromatic carbocycles. The molecule has 1 fully saturated rings. The van der Waals surface area contributed by atoms with Gasteiger partial charge in [0.15, 0.2) is 0 Å². The van der Waals surface area contributed by atoms with Crippen LogP contribution in [0.15, 0.2) is 54.1 Å². The van der Waals surface area contributed by atoms with Crippen LogP contribution in [0, 0.1) is 23.7 Å². The standard InChI is InChI=1S/C51H77N7O9S/c1-12-34(6)46(56(9)51(65)44(32(2)3)54-49(64)45(33(4)5)55(8)40(59)23-17-14-18-27-58-41(60)24-25-42(58)61)39(66-10)31-43(62)57-28-19-22-38(57)47(67-11)35(7)48(63)53-37(50-52-26-29-68-50)30-36-20-15-13-16-21-36/h13,15-16,20-21,24-26,29,32-35,37-39,44-47H,12,14,17-19,22-23,27-28,30-31H2,1-11H3,(H,53,63)(H,54,64)/t34-,35+,37-,38-,39+,44-,45-,46?,47+/m0/s1. The van der Waals surface area contributed by atoms with Gasteiger partial charge in [-0.15, -0.1) is 11.3 Å². The van der Waals surface area contributed by atoms with Crippen molar-refractivity contribution >= 4 is 52.7 Å². The zero-order valence-electron chi connectivity index (χ0n) is 42.1. The van der Waals surface area contributed by atoms with Crippen LogP contribution in [0.1, 0.15) is 116 Å². The molecule has 9 atom stereocenters. The highest BCUT2D eigenvalue weighted by atomic mass is 32.1. The molecule has 376 valence electrons. The maximum absolute atomic E-state index is 14.6. The van der Waals surface area contributed by atoms with Gasteiger partial charge >= 0.3 is 0 Å². The van der Waals surface area contributed by atoms with E-state index in [1.807, 2.05) is 84.2 Å². The number of carbonyl (C=O) groups is 7. The van der Waals surface area contributed by atoms with Crippen molar-refractivity contribution in [1.82, 2.24) is 35.2 Å². The molecular weight excluding hydrogens is 887 g/mol. The molecule has 68 heavy (non-hydrogen) atoms. The van der Waals surface area contributed by atoms with Crippen LogP contribution >= 0.6 is 11.3 Å². The van der Waals surface area contributed by atoms with E-state index in [-0.39, 0.29) is 84.7 Å². The van der Waals surface area contributed by atoms with Gasteiger partial charge in [0.25, 0.3) is 11.8 Å². The van der Waals surface area contributed by atoms with Crippen molar-refractivity contribution in [2.24, 2.45) is 23.7 Å². The number of amides is 7. The Morgan fingerprint density at radius 1 is 0.868 bits per heavy atom. The summed E-state index contributed by atoms with van der Waals surface area (Å²) >= 11 is 1.49. The lowest BCUT2D eigenvalue weighted by Gasteiger charge is -2.41. The van der Waals surface area contributed by atoms with Crippen LogP contribution in [0.3, 0.4) is 0 Å². The summed E-state index contributed by atoms with van der Waals surface area (Å²) in [6.07, 6.45) is 7.44. The molecule has 2 N–H and O–H groups in total. The number of hydrogen-bond donors (Lipinski definition) is 2. The number of likely N-dealkylation sites (tertiary alicyclic amines) is 1. The van der Waals surface area contributed by atoms with E-state index >= 15 is 0 Å². The summed E-state index contributed by atoms with van der Waals surface area (Å²) in [5, 5.41) is 8.92. The lowest BCUT2D eigenvalue weighted by Crippen LogP contribution is -2.60. The quantitative estimate of drug-likeness (QED) is 0.0847. The first kappa shape index (κ1) is 55.6. The topological polar surface area (TPSA) is 188 Å². The van der Waals surface area contributed by atoms with Gasteiger partial charge in [-0.3, -0.25) is 38.5 Å². The Hall–Kier alpha value is -5.00. The Balaban J connectivity index is 1.42. The zero-order valence-corrected chi connectivity index (χ0v) is 43.0. The first-order chi connectivity index (χ1) is 32.4. The number of nitrogens with one attached hydrogen (secondary N) is 2. The van der Waals surface area contributed by atoms with Crippen LogP contribution in [0.2, 0.25) is 0 Å². The van der Waals surface area contributed by atoms with Crippen molar-refractivity contribution < 1.29 is 43.0 Å². The fourth-order valence-electron chi connectivity index (χ4n) is 9.67. The van der Waals surface area contributed by atoms with Crippen molar-refractivity contribution in [3.05, 3.63) is 64.6 Å². The van der Waals surface area contributed by atoms with Crippen LogP contribution in [-0.4, -0.2) is 144 Å². The molecule has 0 bridgehead atoms. The number of nitrogens with zero attached hydrogens (tertiary/aromatic N) is 5. The van der Waals surface area contributed by atoms with Crippen LogP contribution < -0.4 is 10.6 Å². The number of unbranched alkanes of at least 4 members (excludes halogenated alkanes) is 2. The van der Waals surface area contributed by atoms with E-state index in [2.05, 4.69) is 15.6 Å². The number of methoxy groups -OCH3 is 2. The highest BCUT2D eigenvalue weighted by Crippen LogP contribution is 2.31. The number of rotatable bonds is 27. The van der Waals surface area contributed by atoms with Crippen molar-refractivity contribution in [2.45, 2.75) is 149 Å². The number of benzene rings is 1. The number of ether oxygens (including phenoxy) is 2. The molecule has 3 heterocycles. The van der Waals surface area contributed by atoms with Crippen LogP contribution in [-0.2, 0) is 49.5 Å². The second kappa shape index (κ2) is 26.7. The highest BCUT2D eigenvalue weighted by Gasteiger charge is 2.44. The number of thiazole rings is 1. The van der Waals surface area contributed by atoms with Crippen molar-refractivity contribution in [1.29, 1.82) is 0 Å². The van der Waals surface area contributed by atoms with Crippen molar-refractivity contribution in [3.8, 4) is 0 Å². The van der Waals surface area contributed by atoms with E-state index < -0.39 is 42.2 Å². The van der Waals surface area contributed by atoms with E-state index in [1.165, 1.54) is 33.3 Å². The van der Waals surface area contributed by atoms with Gasteiger partial charge in [-0.05, 0) is 55.4 Å². The summed E-state index contributed by atoms with van der Waals surface area (Å²) in [6.45, 7) is 14.1. The third-order valence-electron chi connectivity index (χ3n) is 13.7. The predicted molar refractivity (Wildman–Crippen MR) is 262 cm³/mol. The Kier molecular flexibility index (Phi) is 21.8. The van der Waals surface area contributed by atoms with Gasteiger partial charge in [0.1, 0.15) is 17.1 Å². The smallest absolute Gasteiger partial charge is 0.253 e. The van der Waals surface area contributed by atoms with E-state index in [1.54, 1.807) is 44.3 Å². The minimum absolute atomic E-state index is 0.0212. The summed E-state index contributed by atoms with van der Waals surface area (Å²) in [7, 11) is 6.40. The molecule has 0 aliphatic carbocycles. The van der Waals surface area contributed by atoms with Gasteiger partial charge in [-0.25, -0.2) is 4.98 Å². The fourth-order valence-corrected chi connectivity index (χ4v) is 10.4. The molecule has 7 amide bonds. The molecule has 2 aliphatic heterocycles. The monoisotopic (exact) mass is 964 g/mol. The zero-order chi connectivity index (χ0) is 50.2. The summed E-state index contributed by atoms with van der Waals surface area (Å²) in [6, 6.07) is 6.91. The molecule has 0 spiro atoms. The first-order valence-corrected chi connectivity index (χ1v) is 25.2. The summed E-state index contributed by atoms with van der Waals surface area (Å²) in [5.74, 6) is -3.32. The Labute approximate surface area is 407 Å². The SMILES string of the molecule is CC[C@H](C)C([C@@H](CC(=O)N1CCC[C@H]1[C@H](OC)[C@@H](C)C(=O)N[C@@H](Cc1ccccc1)c1nccs1)OC)N(C)C(=O)[C@@H](NC(=O)[C@H](C(C)C)N(C)C(=O)CCCCCN1C(=O)C=CC1=O)C(C)C. The minimum atomic E-state index is -0.941. The molecule has 2 aliphatic rings. The second-order valence-corrected chi connectivity index (χ2v) is 20.0. The molecule has 1 saturated heterocycles. The third-order valence-corrected chi connectivity index (χ3v) is 14.6. The van der Waals surface area contributed by atoms with E-state index in [4.69, 9.17) is 9.47 Å². The first-order valence-electron chi connectivity index (χ1n) is 24.3. The van der Waals surface area contributed by atoms with E-state index in [0.717, 1.165) is 17.0 Å². The maximum atomic E-state index is 14.6. The molecule has 16 nitrogen and oxygen atoms in total. The largest absolute Gasteiger partial charge is 0.379 e. The van der Waals surface area contributed by atoms with Gasteiger partial charge in [-0.2, -0.15) is 0 Å². The maximum Gasteiger partial charge on any atom is 0.253 e. The van der Waals surface area contributed by atoms with Gasteiger partial charge in [0.2, 0.25) is 29.5 Å². The Morgan fingerprint density at radius 3 is 2.12 bits per heavy atom. The fraction of sp³-hybridized carbons (Fsp3) is 0.647. The average molecular weight is 964 g/mol. The van der Waals surface area contributed by atoms with Crippen LogP contribution in [0.5, 0.6) is 0 Å². The second-order valence-electron chi connectivity index (χ2n) is 19.1. The lowest BCUT2D eigenvalue weighted by atomic mass is 9.89. The number of likely N-dealkylation sites (N-methyl/N-ethyl adjacent to an activating group) is 2. The average Bonchev–Trinajstić information content (AvgIpc) is 4.10. The Morgan fingerprint density at radius 2 is 1.54 bits per heavy atom. The lowest BCUT2D eigenvalue weighted by molar-refractivity contribution is -0.148. The number of hydrogen-bond acceptors (Lipinski definition) is 11. The predicted octanol–water partition coefficient (Wildman–Crippen LogP) is 5.57. The summed E-state index contributed by atoms with van der Waals surface area (Å²) in [4.78, 5) is 105. The van der Waals surface area contributed by atoms with Crippen LogP contribution in [0.25, 0.3) is 0 Å². The normalized spacial score (nSPS) is 18.5. The molecule has 1 aromatic heterocycles. The summed E-state index contributed by atoms with van der Waals surface area (Å²) < 4.78 is 12.1. The minimum Gasteiger partial charge on any atom is -0.379 e. The summed E-state index contributed by atoms with van der Waals surface area (Å²) in [5.41, 5.74) is 1.07. The van der Waals surface area contributed by atoms with Crippen molar-refractivity contribution in [2.75, 3.05) is 41.4 Å². The molecule has 1 unspecified atom stereocenters. The van der Waals surface area contributed by atoms with Crippen LogP contribution in [0.4, 0.5) is 0 Å². The molecule has 0 radical (unpaired) electrons. The van der Waals surface area contributed by atoms with Crippen molar-refractivity contribution in [3.63, 3.8) is 0 Å². The van der Waals surface area contributed by atoms with Gasteiger partial charge in [-0.1, -0.05) is 91.6 Å². The highest BCUT2D eigenvalue weighted by molar-refractivity contribution is 7.09. The number of carbonyl (C=O) groups excluding carboxylic acids is 7. The van der Waals surface area contributed by atoms with E-state index in [0.29, 0.717) is 45.1 Å². The number of aromatic nitrogens is 1. The van der Waals surface area contributed by atoms with E-state index in [9.17, 15) is 33.6 Å². The molecular formula is C51H77N7O9S. The third kappa shape index (κ3) is 14.5. The molecule has 17 heteroatoms. The van der Waals surface area contributed by atoms with Gasteiger partial charge in [0.05, 0.1) is 42.7 Å².